The van der Waals surface area contributed by atoms with Gasteiger partial charge in [-0.05, 0) is 50.6 Å². The zero-order chi connectivity index (χ0) is 18.6. The van der Waals surface area contributed by atoms with Gasteiger partial charge in [-0.2, -0.15) is 5.10 Å². The molecule has 1 aliphatic heterocycles. The molecule has 1 aromatic carbocycles. The average molecular weight is 364 g/mol. The quantitative estimate of drug-likeness (QED) is 0.701. The van der Waals surface area contributed by atoms with Gasteiger partial charge in [-0.3, -0.25) is 14.8 Å². The summed E-state index contributed by atoms with van der Waals surface area (Å²) in [5.74, 6) is 1.32. The number of nitrogens with zero attached hydrogens (tertiary/aromatic N) is 2. The molecule has 6 heteroatoms. The van der Waals surface area contributed by atoms with E-state index in [4.69, 9.17) is 4.42 Å². The molecule has 1 saturated heterocycles. The van der Waals surface area contributed by atoms with Crippen LogP contribution in [0.15, 0.2) is 52.9 Å². The Morgan fingerprint density at radius 1 is 1.22 bits per heavy atom. The summed E-state index contributed by atoms with van der Waals surface area (Å²) >= 11 is 0. The Hall–Kier alpha value is -2.86. The molecule has 1 aliphatic rings. The van der Waals surface area contributed by atoms with E-state index >= 15 is 0 Å². The van der Waals surface area contributed by atoms with Gasteiger partial charge in [-0.25, -0.2) is 0 Å². The summed E-state index contributed by atoms with van der Waals surface area (Å²) in [6, 6.07) is 16.0. The van der Waals surface area contributed by atoms with Crippen molar-refractivity contribution in [1.29, 1.82) is 0 Å². The van der Waals surface area contributed by atoms with Crippen molar-refractivity contribution < 1.29 is 9.21 Å². The molecule has 6 nitrogen and oxygen atoms in total. The summed E-state index contributed by atoms with van der Waals surface area (Å²) in [6.45, 7) is 4.58. The highest BCUT2D eigenvalue weighted by Crippen LogP contribution is 2.25. The van der Waals surface area contributed by atoms with E-state index in [-0.39, 0.29) is 11.9 Å². The van der Waals surface area contributed by atoms with Gasteiger partial charge in [0, 0.05) is 12.6 Å². The van der Waals surface area contributed by atoms with Crippen LogP contribution in [0.3, 0.4) is 0 Å². The number of aromatic nitrogens is 2. The highest BCUT2D eigenvalue weighted by Gasteiger charge is 2.24. The van der Waals surface area contributed by atoms with Gasteiger partial charge in [-0.1, -0.05) is 30.3 Å². The van der Waals surface area contributed by atoms with Gasteiger partial charge in [-0.15, -0.1) is 0 Å². The molecule has 3 heterocycles. The lowest BCUT2D eigenvalue weighted by atomic mass is 10.1. The molecular formula is C21H24N4O2. The number of aryl methyl sites for hydroxylation is 1. The number of carbonyl (C=O) groups is 1. The lowest BCUT2D eigenvalue weighted by Crippen LogP contribution is -2.36. The number of H-pyrrole nitrogens is 1. The number of amides is 1. The number of hydrogen-bond donors (Lipinski definition) is 2. The van der Waals surface area contributed by atoms with Crippen LogP contribution >= 0.6 is 0 Å². The number of hydrogen-bond acceptors (Lipinski definition) is 4. The van der Waals surface area contributed by atoms with E-state index < -0.39 is 0 Å². The topological polar surface area (TPSA) is 74.2 Å². The molecule has 4 rings (SSSR count). The van der Waals surface area contributed by atoms with Crippen LogP contribution in [0, 0.1) is 6.92 Å². The smallest absolute Gasteiger partial charge is 0.271 e. The van der Waals surface area contributed by atoms with Crippen molar-refractivity contribution in [3.63, 3.8) is 0 Å². The van der Waals surface area contributed by atoms with E-state index in [2.05, 4.69) is 32.5 Å². The fourth-order valence-corrected chi connectivity index (χ4v) is 3.61. The molecule has 1 amide bonds. The molecule has 1 unspecified atom stereocenters. The van der Waals surface area contributed by atoms with Gasteiger partial charge in [0.2, 0.25) is 0 Å². The maximum atomic E-state index is 12.6. The Balaban J connectivity index is 1.44. The van der Waals surface area contributed by atoms with Crippen LogP contribution in [0.4, 0.5) is 0 Å². The number of carbonyl (C=O) groups excluding carboxylic acids is 1. The minimum Gasteiger partial charge on any atom is -0.460 e. The average Bonchev–Trinajstić information content (AvgIpc) is 3.44. The monoisotopic (exact) mass is 364 g/mol. The van der Waals surface area contributed by atoms with Gasteiger partial charge in [0.25, 0.3) is 5.91 Å². The SMILES string of the molecule is Cc1ccc(-c2cc(C(=O)NCC(c3ccccc3)N3CCCC3)n[nH]2)o1. The van der Waals surface area contributed by atoms with Crippen LogP contribution < -0.4 is 5.32 Å². The summed E-state index contributed by atoms with van der Waals surface area (Å²) in [7, 11) is 0. The van der Waals surface area contributed by atoms with Crippen molar-refractivity contribution in [1.82, 2.24) is 20.4 Å². The Kier molecular flexibility index (Phi) is 5.07. The van der Waals surface area contributed by atoms with Gasteiger partial charge < -0.3 is 9.73 Å². The molecule has 0 saturated carbocycles. The number of aromatic amines is 1. The molecule has 0 bridgehead atoms. The standard InChI is InChI=1S/C21H24N4O2/c1-15-9-10-20(27-15)17-13-18(24-23-17)21(26)22-14-19(25-11-5-6-12-25)16-7-3-2-4-8-16/h2-4,7-10,13,19H,5-6,11-12,14H2,1H3,(H,22,26)(H,23,24). The first-order valence-corrected chi connectivity index (χ1v) is 9.40. The minimum absolute atomic E-state index is 0.180. The van der Waals surface area contributed by atoms with Gasteiger partial charge in [0.15, 0.2) is 11.5 Å². The van der Waals surface area contributed by atoms with Crippen LogP contribution in [0.2, 0.25) is 0 Å². The summed E-state index contributed by atoms with van der Waals surface area (Å²) < 4.78 is 5.58. The van der Waals surface area contributed by atoms with E-state index in [1.54, 1.807) is 6.07 Å². The van der Waals surface area contributed by atoms with Crippen LogP contribution in [0.1, 0.15) is 40.7 Å². The molecule has 1 fully saturated rings. The third-order valence-corrected chi connectivity index (χ3v) is 5.04. The third-order valence-electron chi connectivity index (χ3n) is 5.04. The molecule has 3 aromatic rings. The maximum Gasteiger partial charge on any atom is 0.271 e. The molecule has 0 radical (unpaired) electrons. The molecule has 2 aromatic heterocycles. The van der Waals surface area contributed by atoms with Crippen molar-refractivity contribution in [2.24, 2.45) is 0 Å². The highest BCUT2D eigenvalue weighted by molar-refractivity contribution is 5.93. The Morgan fingerprint density at radius 3 is 2.70 bits per heavy atom. The normalized spacial score (nSPS) is 15.7. The van der Waals surface area contributed by atoms with Crippen molar-refractivity contribution in [2.75, 3.05) is 19.6 Å². The Morgan fingerprint density at radius 2 is 2.00 bits per heavy atom. The number of furan rings is 1. The number of nitrogens with one attached hydrogen (secondary N) is 2. The second-order valence-corrected chi connectivity index (χ2v) is 6.96. The fraction of sp³-hybridized carbons (Fsp3) is 0.333. The van der Waals surface area contributed by atoms with E-state index in [0.29, 0.717) is 23.7 Å². The number of benzene rings is 1. The second kappa shape index (κ2) is 7.80. The number of rotatable bonds is 6. The summed E-state index contributed by atoms with van der Waals surface area (Å²) in [5, 5.41) is 10.1. The first-order valence-electron chi connectivity index (χ1n) is 9.40. The van der Waals surface area contributed by atoms with Crippen LogP contribution in [0.25, 0.3) is 11.5 Å². The second-order valence-electron chi connectivity index (χ2n) is 6.96. The third kappa shape index (κ3) is 3.95. The van der Waals surface area contributed by atoms with E-state index in [9.17, 15) is 4.79 Å². The molecular weight excluding hydrogens is 340 g/mol. The van der Waals surface area contributed by atoms with Gasteiger partial charge in [0.05, 0.1) is 6.04 Å². The van der Waals surface area contributed by atoms with Crippen molar-refractivity contribution in [2.45, 2.75) is 25.8 Å². The lowest BCUT2D eigenvalue weighted by Gasteiger charge is -2.28. The fourth-order valence-electron chi connectivity index (χ4n) is 3.61. The maximum absolute atomic E-state index is 12.6. The molecule has 1 atom stereocenters. The summed E-state index contributed by atoms with van der Waals surface area (Å²) in [4.78, 5) is 15.0. The van der Waals surface area contributed by atoms with Gasteiger partial charge >= 0.3 is 0 Å². The predicted molar refractivity (Wildman–Crippen MR) is 103 cm³/mol. The molecule has 0 spiro atoms. The largest absolute Gasteiger partial charge is 0.460 e. The first kappa shape index (κ1) is 17.5. The van der Waals surface area contributed by atoms with Gasteiger partial charge in [0.1, 0.15) is 11.5 Å². The van der Waals surface area contributed by atoms with Crippen LogP contribution in [-0.2, 0) is 0 Å². The number of likely N-dealkylation sites (tertiary alicyclic amines) is 1. The van der Waals surface area contributed by atoms with Crippen LogP contribution in [0.5, 0.6) is 0 Å². The Labute approximate surface area is 158 Å². The van der Waals surface area contributed by atoms with Crippen molar-refractivity contribution >= 4 is 5.91 Å². The zero-order valence-electron chi connectivity index (χ0n) is 15.4. The predicted octanol–water partition coefficient (Wildman–Crippen LogP) is 3.55. The minimum atomic E-state index is -0.180. The zero-order valence-corrected chi connectivity index (χ0v) is 15.4. The molecule has 2 N–H and O–H groups in total. The van der Waals surface area contributed by atoms with E-state index in [0.717, 1.165) is 18.8 Å². The highest BCUT2D eigenvalue weighted by atomic mass is 16.3. The lowest BCUT2D eigenvalue weighted by molar-refractivity contribution is 0.0933. The summed E-state index contributed by atoms with van der Waals surface area (Å²) in [6.07, 6.45) is 2.42. The molecule has 0 aliphatic carbocycles. The molecule has 27 heavy (non-hydrogen) atoms. The first-order chi connectivity index (χ1) is 13.2. The Bertz CT molecular complexity index is 894. The van der Waals surface area contributed by atoms with E-state index in [1.165, 1.54) is 18.4 Å². The van der Waals surface area contributed by atoms with Crippen molar-refractivity contribution in [3.05, 3.63) is 65.5 Å². The van der Waals surface area contributed by atoms with E-state index in [1.807, 2.05) is 37.3 Å². The molecule has 140 valence electrons. The van der Waals surface area contributed by atoms with Crippen LogP contribution in [-0.4, -0.2) is 40.6 Å². The van der Waals surface area contributed by atoms with Crippen molar-refractivity contribution in [3.8, 4) is 11.5 Å². The summed E-state index contributed by atoms with van der Waals surface area (Å²) in [5.41, 5.74) is 2.30.